The van der Waals surface area contributed by atoms with Crippen molar-refractivity contribution in [2.24, 2.45) is 0 Å². The Labute approximate surface area is 106 Å². The molecule has 0 aliphatic carbocycles. The van der Waals surface area contributed by atoms with Gasteiger partial charge >= 0.3 is 5.97 Å². The molecule has 90 valence electrons. The molecule has 0 amide bonds. The van der Waals surface area contributed by atoms with Gasteiger partial charge in [0.2, 0.25) is 0 Å². The van der Waals surface area contributed by atoms with E-state index in [2.05, 4.69) is 25.7 Å². The Morgan fingerprint density at radius 1 is 1.53 bits per heavy atom. The Bertz CT molecular complexity index is 615. The first-order valence-corrected chi connectivity index (χ1v) is 5.85. The summed E-state index contributed by atoms with van der Waals surface area (Å²) in [4.78, 5) is 25.5. The molecular formula is C11H11BrN2O3. The molecule has 0 radical (unpaired) electrons. The van der Waals surface area contributed by atoms with Crippen molar-refractivity contribution in [1.29, 1.82) is 0 Å². The van der Waals surface area contributed by atoms with E-state index in [1.54, 1.807) is 10.6 Å². The fourth-order valence-electron chi connectivity index (χ4n) is 1.56. The van der Waals surface area contributed by atoms with Crippen LogP contribution in [0.15, 0.2) is 27.7 Å². The van der Waals surface area contributed by atoms with Crippen LogP contribution in [0.4, 0.5) is 0 Å². The van der Waals surface area contributed by atoms with Gasteiger partial charge in [-0.25, -0.2) is 0 Å². The van der Waals surface area contributed by atoms with Crippen LogP contribution in [-0.2, 0) is 16.0 Å². The summed E-state index contributed by atoms with van der Waals surface area (Å²) in [6, 6.07) is 1.51. The number of fused-ring (bicyclic) bond motifs is 1. The summed E-state index contributed by atoms with van der Waals surface area (Å²) in [6.45, 7) is 0. The van der Waals surface area contributed by atoms with Crippen LogP contribution in [0.25, 0.3) is 5.65 Å². The third-order valence-electron chi connectivity index (χ3n) is 2.44. The second-order valence-corrected chi connectivity index (χ2v) is 4.49. The van der Waals surface area contributed by atoms with Gasteiger partial charge in [0.1, 0.15) is 5.65 Å². The zero-order valence-corrected chi connectivity index (χ0v) is 10.8. The lowest BCUT2D eigenvalue weighted by Crippen LogP contribution is -2.02. The number of aromatic amines is 1. The number of rotatable bonds is 3. The molecule has 0 aliphatic rings. The summed E-state index contributed by atoms with van der Waals surface area (Å²) in [7, 11) is 1.36. The molecule has 0 aliphatic heterocycles. The molecule has 2 aromatic rings. The summed E-state index contributed by atoms with van der Waals surface area (Å²) >= 11 is 3.18. The normalized spacial score (nSPS) is 10.7. The van der Waals surface area contributed by atoms with E-state index < -0.39 is 0 Å². The van der Waals surface area contributed by atoms with Gasteiger partial charge in [0.25, 0.3) is 0 Å². The lowest BCUT2D eigenvalue weighted by atomic mass is 10.2. The van der Waals surface area contributed by atoms with E-state index in [9.17, 15) is 9.59 Å². The smallest absolute Gasteiger partial charge is 0.305 e. The fourth-order valence-corrected chi connectivity index (χ4v) is 1.90. The van der Waals surface area contributed by atoms with E-state index in [0.717, 1.165) is 5.69 Å². The minimum atomic E-state index is -0.251. The number of hydrogen-bond donors (Lipinski definition) is 1. The predicted molar refractivity (Wildman–Crippen MR) is 66.1 cm³/mol. The molecule has 2 aromatic heterocycles. The summed E-state index contributed by atoms with van der Waals surface area (Å²) in [5.74, 6) is -0.251. The molecule has 2 rings (SSSR count). The monoisotopic (exact) mass is 298 g/mol. The van der Waals surface area contributed by atoms with Crippen LogP contribution >= 0.6 is 15.9 Å². The number of ether oxygens (including phenoxy) is 1. The maximum atomic E-state index is 11.4. The molecule has 0 atom stereocenters. The van der Waals surface area contributed by atoms with Crippen LogP contribution in [0.1, 0.15) is 12.1 Å². The van der Waals surface area contributed by atoms with Crippen LogP contribution in [0.5, 0.6) is 0 Å². The Morgan fingerprint density at radius 2 is 2.29 bits per heavy atom. The number of halogens is 1. The third kappa shape index (κ3) is 2.58. The topological polar surface area (TPSA) is 63.6 Å². The molecule has 0 aromatic carbocycles. The maximum Gasteiger partial charge on any atom is 0.305 e. The number of carbonyl (C=O) groups is 1. The second kappa shape index (κ2) is 4.75. The number of carbonyl (C=O) groups excluding carboxylic acids is 1. The Morgan fingerprint density at radius 3 is 3.00 bits per heavy atom. The Kier molecular flexibility index (Phi) is 3.33. The van der Waals surface area contributed by atoms with Gasteiger partial charge in [-0.15, -0.1) is 0 Å². The van der Waals surface area contributed by atoms with Gasteiger partial charge in [-0.05, 0) is 22.4 Å². The Balaban J connectivity index is 2.26. The van der Waals surface area contributed by atoms with Crippen molar-refractivity contribution in [2.75, 3.05) is 7.11 Å². The molecule has 5 nitrogen and oxygen atoms in total. The summed E-state index contributed by atoms with van der Waals surface area (Å²) < 4.78 is 6.88. The van der Waals surface area contributed by atoms with E-state index in [1.807, 2.05) is 6.20 Å². The van der Waals surface area contributed by atoms with E-state index >= 15 is 0 Å². The molecule has 2 heterocycles. The fraction of sp³-hybridized carbons (Fsp3) is 0.273. The van der Waals surface area contributed by atoms with Gasteiger partial charge in [0, 0.05) is 24.2 Å². The number of methoxy groups -OCH3 is 1. The first-order chi connectivity index (χ1) is 8.10. The van der Waals surface area contributed by atoms with E-state index in [4.69, 9.17) is 0 Å². The average Bonchev–Trinajstić information content (AvgIpc) is 2.68. The first-order valence-electron chi connectivity index (χ1n) is 5.06. The van der Waals surface area contributed by atoms with Crippen molar-refractivity contribution in [2.45, 2.75) is 12.8 Å². The van der Waals surface area contributed by atoms with Crippen molar-refractivity contribution in [1.82, 2.24) is 9.38 Å². The highest BCUT2D eigenvalue weighted by Gasteiger charge is 2.06. The summed E-state index contributed by atoms with van der Waals surface area (Å²) in [5, 5.41) is 0. The van der Waals surface area contributed by atoms with Gasteiger partial charge in [-0.1, -0.05) is 0 Å². The van der Waals surface area contributed by atoms with Crippen molar-refractivity contribution >= 4 is 27.5 Å². The molecule has 0 fully saturated rings. The number of nitrogens with zero attached hydrogens (tertiary/aromatic N) is 1. The molecule has 0 saturated carbocycles. The van der Waals surface area contributed by atoms with Crippen LogP contribution in [0.2, 0.25) is 0 Å². The lowest BCUT2D eigenvalue weighted by Gasteiger charge is -1.95. The van der Waals surface area contributed by atoms with Crippen molar-refractivity contribution in [3.8, 4) is 0 Å². The molecule has 0 bridgehead atoms. The first kappa shape index (κ1) is 11.9. The average molecular weight is 299 g/mol. The number of esters is 1. The highest BCUT2D eigenvalue weighted by atomic mass is 79.9. The number of nitrogens with one attached hydrogen (secondary N) is 1. The molecule has 0 unspecified atom stereocenters. The second-order valence-electron chi connectivity index (χ2n) is 3.63. The number of H-pyrrole nitrogens is 1. The van der Waals surface area contributed by atoms with E-state index in [-0.39, 0.29) is 11.4 Å². The third-order valence-corrected chi connectivity index (χ3v) is 3.04. The SMILES string of the molecule is COC(=O)CCc1cn2cc(Br)c(=O)cc2[nH]1. The zero-order valence-electron chi connectivity index (χ0n) is 9.20. The van der Waals surface area contributed by atoms with Crippen LogP contribution in [-0.4, -0.2) is 22.5 Å². The quantitative estimate of drug-likeness (QED) is 0.874. The number of pyridine rings is 1. The van der Waals surface area contributed by atoms with E-state index in [1.165, 1.54) is 13.2 Å². The van der Waals surface area contributed by atoms with Gasteiger partial charge in [0.05, 0.1) is 18.0 Å². The van der Waals surface area contributed by atoms with E-state index in [0.29, 0.717) is 23.0 Å². The highest BCUT2D eigenvalue weighted by molar-refractivity contribution is 9.10. The van der Waals surface area contributed by atoms with Gasteiger partial charge < -0.3 is 14.1 Å². The number of imidazole rings is 1. The number of aryl methyl sites for hydroxylation is 1. The van der Waals surface area contributed by atoms with Gasteiger partial charge in [0.15, 0.2) is 5.43 Å². The summed E-state index contributed by atoms with van der Waals surface area (Å²) in [6.07, 6.45) is 4.41. The predicted octanol–water partition coefficient (Wildman–Crippen LogP) is 1.50. The van der Waals surface area contributed by atoms with Crippen molar-refractivity contribution in [3.05, 3.63) is 38.9 Å². The Hall–Kier alpha value is -1.56. The van der Waals surface area contributed by atoms with Gasteiger partial charge in [-0.2, -0.15) is 0 Å². The number of hydrogen-bond acceptors (Lipinski definition) is 3. The standard InChI is InChI=1S/C11H11BrN2O3/c1-17-11(16)3-2-7-5-14-6-8(12)9(15)4-10(14)13-7/h4-6,13H,2-3H2,1H3. The summed E-state index contributed by atoms with van der Waals surface area (Å²) in [5.41, 5.74) is 1.51. The van der Waals surface area contributed by atoms with Crippen LogP contribution in [0.3, 0.4) is 0 Å². The molecule has 0 saturated heterocycles. The van der Waals surface area contributed by atoms with Crippen molar-refractivity contribution in [3.63, 3.8) is 0 Å². The molecule has 0 spiro atoms. The largest absolute Gasteiger partial charge is 0.469 e. The molecule has 17 heavy (non-hydrogen) atoms. The zero-order chi connectivity index (χ0) is 12.4. The lowest BCUT2D eigenvalue weighted by molar-refractivity contribution is -0.140. The minimum Gasteiger partial charge on any atom is -0.469 e. The van der Waals surface area contributed by atoms with Crippen LogP contribution < -0.4 is 5.43 Å². The van der Waals surface area contributed by atoms with Crippen LogP contribution in [0, 0.1) is 0 Å². The number of aromatic nitrogens is 2. The molecule has 6 heteroatoms. The van der Waals surface area contributed by atoms with Gasteiger partial charge in [-0.3, -0.25) is 9.59 Å². The highest BCUT2D eigenvalue weighted by Crippen LogP contribution is 2.09. The maximum absolute atomic E-state index is 11.4. The molecule has 1 N–H and O–H groups in total. The van der Waals surface area contributed by atoms with Crippen molar-refractivity contribution < 1.29 is 9.53 Å². The minimum absolute atomic E-state index is 0.0774. The molecular weight excluding hydrogens is 288 g/mol.